The summed E-state index contributed by atoms with van der Waals surface area (Å²) in [4.78, 5) is 5.54. The molecule has 0 aliphatic heterocycles. The lowest BCUT2D eigenvalue weighted by Gasteiger charge is -2.07. The van der Waals surface area contributed by atoms with Crippen LogP contribution in [0.25, 0.3) is 0 Å². The third-order valence-electron chi connectivity index (χ3n) is 3.11. The van der Waals surface area contributed by atoms with Gasteiger partial charge in [0, 0.05) is 32.1 Å². The molecule has 114 valence electrons. The lowest BCUT2D eigenvalue weighted by atomic mass is 10.2. The first-order chi connectivity index (χ1) is 10.2. The number of rotatable bonds is 8. The molecule has 6 heteroatoms. The van der Waals surface area contributed by atoms with E-state index in [9.17, 15) is 0 Å². The highest BCUT2D eigenvalue weighted by atomic mass is 35.5. The van der Waals surface area contributed by atoms with Crippen molar-refractivity contribution in [2.45, 2.75) is 17.2 Å². The Kier molecular flexibility index (Phi) is 6.57. The second-order valence-electron chi connectivity index (χ2n) is 4.66. The maximum atomic E-state index is 5.99. The topological polar surface area (TPSA) is 39.1 Å². The fourth-order valence-corrected chi connectivity index (χ4v) is 2.98. The molecule has 0 amide bonds. The summed E-state index contributed by atoms with van der Waals surface area (Å²) in [5.41, 5.74) is 1.27. The van der Waals surface area contributed by atoms with Crippen LogP contribution in [0, 0.1) is 0 Å². The van der Waals surface area contributed by atoms with E-state index in [1.165, 1.54) is 10.5 Å². The lowest BCUT2D eigenvalue weighted by Crippen LogP contribution is -2.18. The number of ether oxygens (including phenoxy) is 1. The highest BCUT2D eigenvalue weighted by Crippen LogP contribution is 2.24. The number of methoxy groups -OCH3 is 1. The number of aromatic nitrogens is 2. The number of thioether (sulfide) groups is 1. The Hall–Kier alpha value is -1.01. The quantitative estimate of drug-likeness (QED) is 0.598. The largest absolute Gasteiger partial charge is 0.383 e. The van der Waals surface area contributed by atoms with Crippen molar-refractivity contribution in [2.24, 2.45) is 7.05 Å². The lowest BCUT2D eigenvalue weighted by molar-refractivity contribution is 0.199. The van der Waals surface area contributed by atoms with Crippen LogP contribution in [0.1, 0.15) is 11.4 Å². The van der Waals surface area contributed by atoms with Crippen LogP contribution in [0.15, 0.2) is 35.4 Å². The molecule has 1 aromatic heterocycles. The van der Waals surface area contributed by atoms with Crippen molar-refractivity contribution in [3.8, 4) is 0 Å². The van der Waals surface area contributed by atoms with Crippen LogP contribution in [-0.4, -0.2) is 29.8 Å². The molecule has 0 saturated heterocycles. The summed E-state index contributed by atoms with van der Waals surface area (Å²) >= 11 is 7.76. The third-order valence-corrected chi connectivity index (χ3v) is 4.45. The van der Waals surface area contributed by atoms with Crippen molar-refractivity contribution >= 4 is 23.4 Å². The summed E-state index contributed by atoms with van der Waals surface area (Å²) < 4.78 is 6.93. The van der Waals surface area contributed by atoms with Crippen molar-refractivity contribution in [1.29, 1.82) is 0 Å². The summed E-state index contributed by atoms with van der Waals surface area (Å²) in [6, 6.07) is 8.53. The molecule has 0 unspecified atom stereocenters. The van der Waals surface area contributed by atoms with Gasteiger partial charge in [0.25, 0.3) is 0 Å². The normalized spacial score (nSPS) is 11.0. The average molecular weight is 326 g/mol. The summed E-state index contributed by atoms with van der Waals surface area (Å²) in [5, 5.41) is 4.02. The Balaban J connectivity index is 1.87. The van der Waals surface area contributed by atoms with Crippen LogP contribution in [-0.2, 0) is 24.1 Å². The van der Waals surface area contributed by atoms with Gasteiger partial charge in [0.05, 0.1) is 18.6 Å². The SMILES string of the molecule is COCCNCc1cccc(SCc2ncc(Cl)n2C)c1. The van der Waals surface area contributed by atoms with Crippen LogP contribution in [0.2, 0.25) is 5.15 Å². The van der Waals surface area contributed by atoms with E-state index < -0.39 is 0 Å². The first-order valence-corrected chi connectivity index (χ1v) is 8.14. The molecule has 0 atom stereocenters. The van der Waals surface area contributed by atoms with E-state index in [-0.39, 0.29) is 0 Å². The van der Waals surface area contributed by atoms with Gasteiger partial charge in [-0.25, -0.2) is 4.98 Å². The molecular formula is C15H20ClN3OS. The van der Waals surface area contributed by atoms with E-state index in [2.05, 4.69) is 34.6 Å². The van der Waals surface area contributed by atoms with Gasteiger partial charge in [-0.2, -0.15) is 0 Å². The fraction of sp³-hybridized carbons (Fsp3) is 0.400. The van der Waals surface area contributed by atoms with Crippen molar-refractivity contribution in [1.82, 2.24) is 14.9 Å². The Bertz CT molecular complexity index is 574. The first kappa shape index (κ1) is 16.4. The van der Waals surface area contributed by atoms with Crippen LogP contribution in [0.4, 0.5) is 0 Å². The van der Waals surface area contributed by atoms with E-state index in [0.717, 1.165) is 31.3 Å². The summed E-state index contributed by atoms with van der Waals surface area (Å²) in [6.07, 6.45) is 1.69. The second kappa shape index (κ2) is 8.44. The highest BCUT2D eigenvalue weighted by molar-refractivity contribution is 7.98. The number of hydrogen-bond donors (Lipinski definition) is 1. The Morgan fingerprint density at radius 2 is 2.29 bits per heavy atom. The molecule has 0 fully saturated rings. The number of nitrogens with zero attached hydrogens (tertiary/aromatic N) is 2. The number of benzene rings is 1. The summed E-state index contributed by atoms with van der Waals surface area (Å²) in [5.74, 6) is 1.79. The minimum absolute atomic E-state index is 0.668. The van der Waals surface area contributed by atoms with Gasteiger partial charge in [0.15, 0.2) is 0 Å². The Morgan fingerprint density at radius 1 is 1.43 bits per heavy atom. The minimum Gasteiger partial charge on any atom is -0.383 e. The predicted molar refractivity (Wildman–Crippen MR) is 87.8 cm³/mol. The van der Waals surface area contributed by atoms with Crippen molar-refractivity contribution in [3.63, 3.8) is 0 Å². The number of nitrogens with one attached hydrogen (secondary N) is 1. The Morgan fingerprint density at radius 3 is 3.00 bits per heavy atom. The standard InChI is InChI=1S/C15H20ClN3OS/c1-19-14(16)10-18-15(19)11-21-13-5-3-4-12(8-13)9-17-6-7-20-2/h3-5,8,10,17H,6-7,9,11H2,1-2H3. The minimum atomic E-state index is 0.668. The molecule has 0 spiro atoms. The molecule has 0 aliphatic rings. The van der Waals surface area contributed by atoms with Gasteiger partial charge in [0.1, 0.15) is 11.0 Å². The molecule has 0 saturated carbocycles. The van der Waals surface area contributed by atoms with Gasteiger partial charge in [-0.15, -0.1) is 11.8 Å². The van der Waals surface area contributed by atoms with E-state index in [4.69, 9.17) is 16.3 Å². The molecule has 0 radical (unpaired) electrons. The van der Waals surface area contributed by atoms with Crippen LogP contribution >= 0.6 is 23.4 Å². The van der Waals surface area contributed by atoms with Crippen LogP contribution in [0.3, 0.4) is 0 Å². The zero-order valence-electron chi connectivity index (χ0n) is 12.3. The monoisotopic (exact) mass is 325 g/mol. The molecular weight excluding hydrogens is 306 g/mol. The van der Waals surface area contributed by atoms with E-state index in [1.807, 2.05) is 11.6 Å². The zero-order valence-corrected chi connectivity index (χ0v) is 13.9. The van der Waals surface area contributed by atoms with Crippen LogP contribution in [0.5, 0.6) is 0 Å². The van der Waals surface area contributed by atoms with Crippen molar-refractivity contribution < 1.29 is 4.74 Å². The van der Waals surface area contributed by atoms with E-state index in [0.29, 0.717) is 5.15 Å². The van der Waals surface area contributed by atoms with Crippen molar-refractivity contribution in [2.75, 3.05) is 20.3 Å². The molecule has 0 aliphatic carbocycles. The van der Waals surface area contributed by atoms with Gasteiger partial charge in [-0.3, -0.25) is 0 Å². The molecule has 1 N–H and O–H groups in total. The maximum absolute atomic E-state index is 5.99. The molecule has 21 heavy (non-hydrogen) atoms. The number of halogens is 1. The second-order valence-corrected chi connectivity index (χ2v) is 6.10. The number of imidazole rings is 1. The summed E-state index contributed by atoms with van der Waals surface area (Å²) in [7, 11) is 3.64. The van der Waals surface area contributed by atoms with Gasteiger partial charge in [-0.1, -0.05) is 23.7 Å². The molecule has 0 bridgehead atoms. The van der Waals surface area contributed by atoms with Crippen molar-refractivity contribution in [3.05, 3.63) is 47.0 Å². The zero-order chi connectivity index (χ0) is 15.1. The molecule has 1 aromatic carbocycles. The maximum Gasteiger partial charge on any atom is 0.128 e. The predicted octanol–water partition coefficient (Wildman–Crippen LogP) is 3.10. The van der Waals surface area contributed by atoms with Gasteiger partial charge in [-0.05, 0) is 17.7 Å². The molecule has 1 heterocycles. The van der Waals surface area contributed by atoms with Gasteiger partial charge < -0.3 is 14.6 Å². The van der Waals surface area contributed by atoms with Gasteiger partial charge >= 0.3 is 0 Å². The van der Waals surface area contributed by atoms with E-state index in [1.54, 1.807) is 25.1 Å². The molecule has 4 nitrogen and oxygen atoms in total. The van der Waals surface area contributed by atoms with E-state index >= 15 is 0 Å². The highest BCUT2D eigenvalue weighted by Gasteiger charge is 2.05. The number of hydrogen-bond acceptors (Lipinski definition) is 4. The smallest absolute Gasteiger partial charge is 0.128 e. The van der Waals surface area contributed by atoms with Crippen LogP contribution < -0.4 is 5.32 Å². The first-order valence-electron chi connectivity index (χ1n) is 6.78. The fourth-order valence-electron chi connectivity index (χ4n) is 1.86. The molecule has 2 rings (SSSR count). The average Bonchev–Trinajstić information content (AvgIpc) is 2.82. The molecule has 2 aromatic rings. The third kappa shape index (κ3) is 5.04. The summed E-state index contributed by atoms with van der Waals surface area (Å²) in [6.45, 7) is 2.44. The van der Waals surface area contributed by atoms with Gasteiger partial charge in [0.2, 0.25) is 0 Å². The Labute approximate surface area is 134 Å².